The molecule has 1 aromatic rings. The second-order valence-electron chi connectivity index (χ2n) is 2.99. The summed E-state index contributed by atoms with van der Waals surface area (Å²) in [6, 6.07) is 4.59. The molecule has 0 spiro atoms. The van der Waals surface area contributed by atoms with Gasteiger partial charge >= 0.3 is 0 Å². The van der Waals surface area contributed by atoms with E-state index in [0.29, 0.717) is 12.0 Å². The van der Waals surface area contributed by atoms with Crippen LogP contribution < -0.4 is 10.5 Å². The second kappa shape index (κ2) is 4.77. The molecular formula is C11H14FNO. The van der Waals surface area contributed by atoms with Gasteiger partial charge in [0.05, 0.1) is 7.11 Å². The Balaban J connectivity index is 3.02. The fraction of sp³-hybridized carbons (Fsp3) is 0.273. The van der Waals surface area contributed by atoms with E-state index in [-0.39, 0.29) is 17.6 Å². The van der Waals surface area contributed by atoms with Crippen LogP contribution >= 0.6 is 0 Å². The van der Waals surface area contributed by atoms with Gasteiger partial charge in [-0.3, -0.25) is 0 Å². The average molecular weight is 195 g/mol. The third kappa shape index (κ3) is 2.12. The van der Waals surface area contributed by atoms with Crippen LogP contribution in [0, 0.1) is 5.82 Å². The summed E-state index contributed by atoms with van der Waals surface area (Å²) in [5.41, 5.74) is 6.23. The molecule has 1 aromatic carbocycles. The third-order valence-corrected chi connectivity index (χ3v) is 2.03. The fourth-order valence-corrected chi connectivity index (χ4v) is 1.28. The Morgan fingerprint density at radius 3 is 2.93 bits per heavy atom. The number of ether oxygens (including phenoxy) is 1. The van der Waals surface area contributed by atoms with Crippen molar-refractivity contribution in [3.63, 3.8) is 0 Å². The van der Waals surface area contributed by atoms with E-state index < -0.39 is 0 Å². The second-order valence-corrected chi connectivity index (χ2v) is 2.99. The van der Waals surface area contributed by atoms with Crippen molar-refractivity contribution in [3.05, 3.63) is 42.2 Å². The largest absolute Gasteiger partial charge is 0.494 e. The molecule has 0 radical (unpaired) electrons. The SMILES string of the molecule is C=CC[C@H](N)c1cccc(OC)c1F. The van der Waals surface area contributed by atoms with Gasteiger partial charge in [-0.2, -0.15) is 0 Å². The summed E-state index contributed by atoms with van der Waals surface area (Å²) in [7, 11) is 1.43. The Bertz CT molecular complexity index is 325. The van der Waals surface area contributed by atoms with Crippen LogP contribution in [0.3, 0.4) is 0 Å². The Morgan fingerprint density at radius 2 is 2.36 bits per heavy atom. The zero-order valence-electron chi connectivity index (χ0n) is 8.16. The molecule has 0 fully saturated rings. The van der Waals surface area contributed by atoms with Crippen LogP contribution in [0.25, 0.3) is 0 Å². The predicted molar refractivity (Wildman–Crippen MR) is 54.7 cm³/mol. The smallest absolute Gasteiger partial charge is 0.169 e. The summed E-state index contributed by atoms with van der Waals surface area (Å²) in [4.78, 5) is 0. The van der Waals surface area contributed by atoms with Crippen molar-refractivity contribution < 1.29 is 9.13 Å². The zero-order valence-corrected chi connectivity index (χ0v) is 8.16. The van der Waals surface area contributed by atoms with Crippen LogP contribution in [-0.4, -0.2) is 7.11 Å². The van der Waals surface area contributed by atoms with Gasteiger partial charge in [-0.05, 0) is 12.5 Å². The summed E-state index contributed by atoms with van der Waals surface area (Å²) in [6.45, 7) is 3.56. The van der Waals surface area contributed by atoms with Crippen molar-refractivity contribution in [2.75, 3.05) is 7.11 Å². The number of benzene rings is 1. The standard InChI is InChI=1S/C11H14FNO/c1-3-5-9(13)8-6-4-7-10(14-2)11(8)12/h3-4,6-7,9H,1,5,13H2,2H3/t9-/m0/s1. The molecule has 0 aliphatic carbocycles. The van der Waals surface area contributed by atoms with Gasteiger partial charge in [0, 0.05) is 11.6 Å². The molecule has 76 valence electrons. The molecule has 3 heteroatoms. The lowest BCUT2D eigenvalue weighted by Gasteiger charge is -2.12. The van der Waals surface area contributed by atoms with Gasteiger partial charge in [0.1, 0.15) is 0 Å². The van der Waals surface area contributed by atoms with Crippen molar-refractivity contribution in [2.24, 2.45) is 5.73 Å². The van der Waals surface area contributed by atoms with E-state index in [1.807, 2.05) is 0 Å². The lowest BCUT2D eigenvalue weighted by atomic mass is 10.0. The first-order valence-corrected chi connectivity index (χ1v) is 4.39. The number of rotatable bonds is 4. The van der Waals surface area contributed by atoms with Gasteiger partial charge in [-0.1, -0.05) is 18.2 Å². The summed E-state index contributed by atoms with van der Waals surface area (Å²) >= 11 is 0. The van der Waals surface area contributed by atoms with E-state index in [4.69, 9.17) is 10.5 Å². The van der Waals surface area contributed by atoms with Crippen LogP contribution in [-0.2, 0) is 0 Å². The minimum atomic E-state index is -0.385. The van der Waals surface area contributed by atoms with Gasteiger partial charge in [0.25, 0.3) is 0 Å². The molecule has 0 amide bonds. The minimum Gasteiger partial charge on any atom is -0.494 e. The predicted octanol–water partition coefficient (Wildman–Crippen LogP) is 2.41. The highest BCUT2D eigenvalue weighted by molar-refractivity contribution is 5.33. The Kier molecular flexibility index (Phi) is 3.65. The average Bonchev–Trinajstić information content (AvgIpc) is 2.18. The molecule has 14 heavy (non-hydrogen) atoms. The molecule has 1 rings (SSSR count). The monoisotopic (exact) mass is 195 g/mol. The van der Waals surface area contributed by atoms with E-state index in [2.05, 4.69) is 6.58 Å². The van der Waals surface area contributed by atoms with Crippen molar-refractivity contribution in [1.82, 2.24) is 0 Å². The first-order chi connectivity index (χ1) is 6.70. The van der Waals surface area contributed by atoms with Crippen LogP contribution in [0.15, 0.2) is 30.9 Å². The molecule has 2 nitrogen and oxygen atoms in total. The van der Waals surface area contributed by atoms with Gasteiger partial charge in [0.2, 0.25) is 0 Å². The van der Waals surface area contributed by atoms with Crippen molar-refractivity contribution in [3.8, 4) is 5.75 Å². The minimum absolute atomic E-state index is 0.224. The molecular weight excluding hydrogens is 181 g/mol. The summed E-state index contributed by atoms with van der Waals surface area (Å²) in [5, 5.41) is 0. The summed E-state index contributed by atoms with van der Waals surface area (Å²) < 4.78 is 18.5. The van der Waals surface area contributed by atoms with Crippen LogP contribution in [0.2, 0.25) is 0 Å². The maximum atomic E-state index is 13.6. The Labute approximate surface area is 83.2 Å². The van der Waals surface area contributed by atoms with Gasteiger partial charge in [0.15, 0.2) is 11.6 Å². The highest BCUT2D eigenvalue weighted by atomic mass is 19.1. The van der Waals surface area contributed by atoms with E-state index in [0.717, 1.165) is 0 Å². The number of halogens is 1. The molecule has 0 saturated heterocycles. The molecule has 0 unspecified atom stereocenters. The first kappa shape index (κ1) is 10.7. The van der Waals surface area contributed by atoms with E-state index in [1.165, 1.54) is 7.11 Å². The Hall–Kier alpha value is -1.35. The quantitative estimate of drug-likeness (QED) is 0.749. The molecule has 0 bridgehead atoms. The van der Waals surface area contributed by atoms with E-state index >= 15 is 0 Å². The topological polar surface area (TPSA) is 35.2 Å². The summed E-state index contributed by atoms with van der Waals surface area (Å²) in [6.07, 6.45) is 2.22. The first-order valence-electron chi connectivity index (χ1n) is 4.39. The van der Waals surface area contributed by atoms with Gasteiger partial charge < -0.3 is 10.5 Å². The molecule has 0 heterocycles. The third-order valence-electron chi connectivity index (χ3n) is 2.03. The summed E-state index contributed by atoms with van der Waals surface area (Å²) in [5.74, 6) is -0.161. The number of hydrogen-bond donors (Lipinski definition) is 1. The molecule has 0 aliphatic heterocycles. The molecule has 0 aliphatic rings. The number of hydrogen-bond acceptors (Lipinski definition) is 2. The normalized spacial score (nSPS) is 12.2. The highest BCUT2D eigenvalue weighted by Crippen LogP contribution is 2.25. The fourth-order valence-electron chi connectivity index (χ4n) is 1.28. The van der Waals surface area contributed by atoms with Crippen LogP contribution in [0.4, 0.5) is 4.39 Å². The maximum absolute atomic E-state index is 13.6. The van der Waals surface area contributed by atoms with Crippen molar-refractivity contribution >= 4 is 0 Å². The molecule has 2 N–H and O–H groups in total. The molecule has 0 saturated carbocycles. The van der Waals surface area contributed by atoms with Crippen LogP contribution in [0.5, 0.6) is 5.75 Å². The zero-order chi connectivity index (χ0) is 10.6. The van der Waals surface area contributed by atoms with Crippen molar-refractivity contribution in [1.29, 1.82) is 0 Å². The van der Waals surface area contributed by atoms with E-state index in [9.17, 15) is 4.39 Å². The number of methoxy groups -OCH3 is 1. The van der Waals surface area contributed by atoms with E-state index in [1.54, 1.807) is 24.3 Å². The highest BCUT2D eigenvalue weighted by Gasteiger charge is 2.13. The lowest BCUT2D eigenvalue weighted by Crippen LogP contribution is -2.11. The number of nitrogens with two attached hydrogens (primary N) is 1. The Morgan fingerprint density at radius 1 is 1.64 bits per heavy atom. The maximum Gasteiger partial charge on any atom is 0.169 e. The molecule has 1 atom stereocenters. The van der Waals surface area contributed by atoms with Crippen LogP contribution in [0.1, 0.15) is 18.0 Å². The van der Waals surface area contributed by atoms with Gasteiger partial charge in [-0.15, -0.1) is 6.58 Å². The van der Waals surface area contributed by atoms with Gasteiger partial charge in [-0.25, -0.2) is 4.39 Å². The molecule has 0 aromatic heterocycles. The van der Waals surface area contributed by atoms with Crippen molar-refractivity contribution in [2.45, 2.75) is 12.5 Å². The lowest BCUT2D eigenvalue weighted by molar-refractivity contribution is 0.382.